The van der Waals surface area contributed by atoms with Gasteiger partial charge in [0.05, 0.1) is 5.56 Å². The molecule has 0 saturated carbocycles. The number of hydrogen-bond donors (Lipinski definition) is 1. The van der Waals surface area contributed by atoms with E-state index in [0.29, 0.717) is 22.7 Å². The summed E-state index contributed by atoms with van der Waals surface area (Å²) in [6.45, 7) is 0. The Morgan fingerprint density at radius 3 is 2.47 bits per heavy atom. The van der Waals surface area contributed by atoms with E-state index in [0.717, 1.165) is 0 Å². The minimum atomic E-state index is -0.338. The topological polar surface area (TPSA) is 59.0 Å². The van der Waals surface area contributed by atoms with Crippen molar-refractivity contribution in [2.45, 2.75) is 0 Å². The van der Waals surface area contributed by atoms with Gasteiger partial charge in [0.2, 0.25) is 0 Å². The van der Waals surface area contributed by atoms with Gasteiger partial charge in [-0.05, 0) is 42.5 Å². The molecule has 0 amide bonds. The molecule has 2 aromatic carbocycles. The minimum absolute atomic E-state index is 0.338. The summed E-state index contributed by atoms with van der Waals surface area (Å²) in [7, 11) is 0. The highest BCUT2D eigenvalue weighted by atomic mass is 19.1. The van der Waals surface area contributed by atoms with Crippen molar-refractivity contribution in [1.29, 1.82) is 5.26 Å². The predicted molar refractivity (Wildman–Crippen MR) is 62.0 cm³/mol. The Balaban J connectivity index is 2.30. The van der Waals surface area contributed by atoms with Gasteiger partial charge in [0.15, 0.2) is 0 Å². The lowest BCUT2D eigenvalue weighted by atomic mass is 10.2. The van der Waals surface area contributed by atoms with Crippen LogP contribution in [0.3, 0.4) is 0 Å². The molecule has 17 heavy (non-hydrogen) atoms. The average Bonchev–Trinajstić information content (AvgIpc) is 2.34. The molecule has 0 bridgehead atoms. The number of nitrogens with zero attached hydrogens (tertiary/aromatic N) is 1. The molecule has 0 saturated heterocycles. The number of ether oxygens (including phenoxy) is 1. The van der Waals surface area contributed by atoms with Crippen molar-refractivity contribution >= 4 is 5.69 Å². The van der Waals surface area contributed by atoms with Gasteiger partial charge in [0, 0.05) is 5.69 Å². The molecule has 2 aromatic rings. The highest BCUT2D eigenvalue weighted by Crippen LogP contribution is 2.26. The first-order chi connectivity index (χ1) is 8.19. The molecule has 0 aliphatic rings. The summed E-state index contributed by atoms with van der Waals surface area (Å²) < 4.78 is 18.2. The van der Waals surface area contributed by atoms with Crippen LogP contribution in [0.4, 0.5) is 10.1 Å². The van der Waals surface area contributed by atoms with E-state index < -0.39 is 0 Å². The molecule has 4 heteroatoms. The minimum Gasteiger partial charge on any atom is -0.456 e. The number of anilines is 1. The molecule has 0 aromatic heterocycles. The van der Waals surface area contributed by atoms with E-state index in [1.165, 1.54) is 30.3 Å². The van der Waals surface area contributed by atoms with Gasteiger partial charge in [-0.25, -0.2) is 4.39 Å². The van der Waals surface area contributed by atoms with Gasteiger partial charge in [-0.2, -0.15) is 5.26 Å². The lowest BCUT2D eigenvalue weighted by molar-refractivity contribution is 0.479. The zero-order chi connectivity index (χ0) is 12.3. The first kappa shape index (κ1) is 11.0. The van der Waals surface area contributed by atoms with Crippen molar-refractivity contribution in [1.82, 2.24) is 0 Å². The maximum Gasteiger partial charge on any atom is 0.145 e. The molecular weight excluding hydrogens is 219 g/mol. The first-order valence-electron chi connectivity index (χ1n) is 4.92. The highest BCUT2D eigenvalue weighted by molar-refractivity contribution is 5.54. The summed E-state index contributed by atoms with van der Waals surface area (Å²) in [6, 6.07) is 12.3. The monoisotopic (exact) mass is 228 g/mol. The van der Waals surface area contributed by atoms with E-state index in [9.17, 15) is 4.39 Å². The summed E-state index contributed by atoms with van der Waals surface area (Å²) in [5.41, 5.74) is 6.40. The largest absolute Gasteiger partial charge is 0.456 e. The molecule has 2 N–H and O–H groups in total. The van der Waals surface area contributed by atoms with Gasteiger partial charge >= 0.3 is 0 Å². The third-order valence-electron chi connectivity index (χ3n) is 2.17. The fourth-order valence-electron chi connectivity index (χ4n) is 1.35. The van der Waals surface area contributed by atoms with Crippen LogP contribution in [0.25, 0.3) is 0 Å². The van der Waals surface area contributed by atoms with Crippen molar-refractivity contribution in [3.8, 4) is 17.6 Å². The van der Waals surface area contributed by atoms with Crippen molar-refractivity contribution in [2.75, 3.05) is 5.73 Å². The quantitative estimate of drug-likeness (QED) is 0.803. The highest BCUT2D eigenvalue weighted by Gasteiger charge is 2.05. The number of nitrogens with two attached hydrogens (primary N) is 1. The van der Waals surface area contributed by atoms with Gasteiger partial charge < -0.3 is 10.5 Å². The molecule has 2 rings (SSSR count). The van der Waals surface area contributed by atoms with Crippen molar-refractivity contribution in [3.63, 3.8) is 0 Å². The Kier molecular flexibility index (Phi) is 2.93. The van der Waals surface area contributed by atoms with E-state index in [-0.39, 0.29) is 5.82 Å². The fraction of sp³-hybridized carbons (Fsp3) is 0. The number of hydrogen-bond acceptors (Lipinski definition) is 3. The molecule has 0 aliphatic carbocycles. The zero-order valence-electron chi connectivity index (χ0n) is 8.85. The number of nitriles is 1. The molecule has 0 fully saturated rings. The van der Waals surface area contributed by atoms with E-state index in [1.807, 2.05) is 6.07 Å². The third kappa shape index (κ3) is 2.52. The summed E-state index contributed by atoms with van der Waals surface area (Å²) in [5.74, 6) is 0.524. The van der Waals surface area contributed by atoms with Gasteiger partial charge in [-0.1, -0.05) is 0 Å². The van der Waals surface area contributed by atoms with Gasteiger partial charge in [0.25, 0.3) is 0 Å². The van der Waals surface area contributed by atoms with Crippen LogP contribution < -0.4 is 10.5 Å². The van der Waals surface area contributed by atoms with E-state index in [2.05, 4.69) is 0 Å². The Bertz CT molecular complexity index is 573. The van der Waals surface area contributed by atoms with E-state index in [1.54, 1.807) is 12.1 Å². The maximum atomic E-state index is 12.7. The van der Waals surface area contributed by atoms with Crippen LogP contribution in [-0.4, -0.2) is 0 Å². The molecule has 0 unspecified atom stereocenters. The summed E-state index contributed by atoms with van der Waals surface area (Å²) in [6.07, 6.45) is 0. The van der Waals surface area contributed by atoms with Crippen LogP contribution in [0.1, 0.15) is 5.56 Å². The number of nitrogen functional groups attached to an aromatic ring is 1. The number of rotatable bonds is 2. The lowest BCUT2D eigenvalue weighted by Gasteiger charge is -2.07. The van der Waals surface area contributed by atoms with Crippen LogP contribution in [0.2, 0.25) is 0 Å². The van der Waals surface area contributed by atoms with E-state index in [4.69, 9.17) is 15.7 Å². The molecule has 0 aliphatic heterocycles. The first-order valence-corrected chi connectivity index (χ1v) is 4.92. The Morgan fingerprint density at radius 1 is 1.12 bits per heavy atom. The fourth-order valence-corrected chi connectivity index (χ4v) is 1.35. The van der Waals surface area contributed by atoms with Crippen molar-refractivity contribution in [3.05, 3.63) is 53.8 Å². The second-order valence-corrected chi connectivity index (χ2v) is 3.42. The molecule has 3 nitrogen and oxygen atoms in total. The van der Waals surface area contributed by atoms with Crippen LogP contribution >= 0.6 is 0 Å². The second-order valence-electron chi connectivity index (χ2n) is 3.42. The summed E-state index contributed by atoms with van der Waals surface area (Å²) in [5, 5.41) is 8.92. The standard InChI is InChI=1S/C13H9FN2O/c14-10-1-4-12(5-2-10)17-13-6-3-11(16)7-9(13)8-15/h1-7H,16H2. The van der Waals surface area contributed by atoms with Crippen molar-refractivity contribution < 1.29 is 9.13 Å². The van der Waals surface area contributed by atoms with Gasteiger partial charge in [-0.3, -0.25) is 0 Å². The zero-order valence-corrected chi connectivity index (χ0v) is 8.85. The predicted octanol–water partition coefficient (Wildman–Crippen LogP) is 3.07. The third-order valence-corrected chi connectivity index (χ3v) is 2.17. The molecule has 0 radical (unpaired) electrons. The molecule has 0 heterocycles. The van der Waals surface area contributed by atoms with Crippen LogP contribution in [0.15, 0.2) is 42.5 Å². The van der Waals surface area contributed by atoms with Crippen LogP contribution in [0, 0.1) is 17.1 Å². The van der Waals surface area contributed by atoms with Gasteiger partial charge in [-0.15, -0.1) is 0 Å². The van der Waals surface area contributed by atoms with E-state index >= 15 is 0 Å². The molecule has 84 valence electrons. The van der Waals surface area contributed by atoms with Crippen LogP contribution in [0.5, 0.6) is 11.5 Å². The second kappa shape index (κ2) is 4.54. The summed E-state index contributed by atoms with van der Waals surface area (Å²) >= 11 is 0. The maximum absolute atomic E-state index is 12.7. The van der Waals surface area contributed by atoms with Gasteiger partial charge in [0.1, 0.15) is 23.4 Å². The Morgan fingerprint density at radius 2 is 1.82 bits per heavy atom. The molecule has 0 atom stereocenters. The number of benzene rings is 2. The molecular formula is C13H9FN2O. The lowest BCUT2D eigenvalue weighted by Crippen LogP contribution is -1.91. The SMILES string of the molecule is N#Cc1cc(N)ccc1Oc1ccc(F)cc1. The average molecular weight is 228 g/mol. The summed E-state index contributed by atoms with van der Waals surface area (Å²) in [4.78, 5) is 0. The number of halogens is 1. The normalized spacial score (nSPS) is 9.65. The van der Waals surface area contributed by atoms with Crippen molar-refractivity contribution in [2.24, 2.45) is 0 Å². The van der Waals surface area contributed by atoms with Crippen LogP contribution in [-0.2, 0) is 0 Å². The Hall–Kier alpha value is -2.54. The molecule has 0 spiro atoms. The Labute approximate surface area is 97.9 Å². The smallest absolute Gasteiger partial charge is 0.145 e.